The van der Waals surface area contributed by atoms with E-state index in [2.05, 4.69) is 5.32 Å². The Morgan fingerprint density at radius 2 is 1.77 bits per heavy atom. The van der Waals surface area contributed by atoms with Crippen LogP contribution in [-0.2, 0) is 14.3 Å². The summed E-state index contributed by atoms with van der Waals surface area (Å²) in [7, 11) is 1.55. The van der Waals surface area contributed by atoms with Crippen molar-refractivity contribution in [2.45, 2.75) is 26.9 Å². The summed E-state index contributed by atoms with van der Waals surface area (Å²) in [5.41, 5.74) is 1.77. The molecular formula is C23H25NO6. The van der Waals surface area contributed by atoms with Gasteiger partial charge in [-0.05, 0) is 68.8 Å². The number of methoxy groups -OCH3 is 1. The quantitative estimate of drug-likeness (QED) is 0.383. The molecule has 2 aromatic rings. The summed E-state index contributed by atoms with van der Waals surface area (Å²) in [5.74, 6) is -0.0294. The molecule has 0 aliphatic heterocycles. The molecule has 0 spiro atoms. The van der Waals surface area contributed by atoms with E-state index in [9.17, 15) is 14.4 Å². The minimum Gasteiger partial charge on any atom is -0.493 e. The van der Waals surface area contributed by atoms with Gasteiger partial charge in [-0.2, -0.15) is 0 Å². The fraction of sp³-hybridized carbons (Fsp3) is 0.261. The first-order chi connectivity index (χ1) is 14.3. The maximum Gasteiger partial charge on any atom is 0.331 e. The Kier molecular flexibility index (Phi) is 8.17. The number of hydrogen-bond donors (Lipinski definition) is 1. The van der Waals surface area contributed by atoms with E-state index in [0.717, 1.165) is 5.56 Å². The maximum atomic E-state index is 12.2. The van der Waals surface area contributed by atoms with Gasteiger partial charge in [-0.3, -0.25) is 9.59 Å². The lowest BCUT2D eigenvalue weighted by Gasteiger charge is -2.12. The Bertz CT molecular complexity index is 933. The molecule has 0 unspecified atom stereocenters. The molecule has 0 bridgehead atoms. The standard InChI is InChI=1S/C23H25NO6/c1-5-29-21-14-17(6-12-20(21)28-4)7-13-22(26)30-16(3)23(27)24-19-10-8-18(9-11-19)15(2)25/h6-14,16H,5H2,1-4H3,(H,24,27)/b13-7+/t16-/m0/s1. The van der Waals surface area contributed by atoms with Crippen LogP contribution in [-0.4, -0.2) is 37.5 Å². The van der Waals surface area contributed by atoms with Gasteiger partial charge in [0.25, 0.3) is 5.91 Å². The Balaban J connectivity index is 1.94. The Morgan fingerprint density at radius 3 is 2.37 bits per heavy atom. The summed E-state index contributed by atoms with van der Waals surface area (Å²) in [5, 5.41) is 2.64. The molecule has 0 heterocycles. The van der Waals surface area contributed by atoms with Crippen molar-refractivity contribution in [1.82, 2.24) is 0 Å². The summed E-state index contributed by atoms with van der Waals surface area (Å²) in [6.07, 6.45) is 1.81. The third-order valence-electron chi connectivity index (χ3n) is 4.12. The molecule has 0 aromatic heterocycles. The van der Waals surface area contributed by atoms with Gasteiger partial charge in [0, 0.05) is 17.3 Å². The normalized spacial score (nSPS) is 11.6. The number of ether oxygens (including phenoxy) is 3. The van der Waals surface area contributed by atoms with Crippen LogP contribution in [0.25, 0.3) is 6.08 Å². The van der Waals surface area contributed by atoms with Crippen molar-refractivity contribution in [2.24, 2.45) is 0 Å². The average Bonchev–Trinajstić information content (AvgIpc) is 2.73. The molecule has 7 nitrogen and oxygen atoms in total. The fourth-order valence-electron chi connectivity index (χ4n) is 2.53. The number of amides is 1. The van der Waals surface area contributed by atoms with Crippen LogP contribution in [0.2, 0.25) is 0 Å². The number of hydrogen-bond acceptors (Lipinski definition) is 6. The van der Waals surface area contributed by atoms with Crippen LogP contribution in [0, 0.1) is 0 Å². The molecule has 0 saturated heterocycles. The van der Waals surface area contributed by atoms with Crippen LogP contribution in [0.5, 0.6) is 11.5 Å². The molecule has 158 valence electrons. The zero-order chi connectivity index (χ0) is 22.1. The first-order valence-corrected chi connectivity index (χ1v) is 9.45. The number of esters is 1. The van der Waals surface area contributed by atoms with Crippen molar-refractivity contribution in [3.63, 3.8) is 0 Å². The van der Waals surface area contributed by atoms with Gasteiger partial charge < -0.3 is 19.5 Å². The molecule has 0 fully saturated rings. The van der Waals surface area contributed by atoms with Crippen LogP contribution in [0.15, 0.2) is 48.5 Å². The van der Waals surface area contributed by atoms with E-state index in [1.165, 1.54) is 19.9 Å². The van der Waals surface area contributed by atoms with Crippen molar-refractivity contribution in [3.05, 3.63) is 59.7 Å². The van der Waals surface area contributed by atoms with Gasteiger partial charge in [-0.1, -0.05) is 6.07 Å². The summed E-state index contributed by atoms with van der Waals surface area (Å²) < 4.78 is 15.9. The number of anilines is 1. The Labute approximate surface area is 175 Å². The van der Waals surface area contributed by atoms with Crippen LogP contribution >= 0.6 is 0 Å². The lowest BCUT2D eigenvalue weighted by atomic mass is 10.1. The van der Waals surface area contributed by atoms with E-state index in [1.54, 1.807) is 55.7 Å². The second kappa shape index (κ2) is 10.8. The predicted molar refractivity (Wildman–Crippen MR) is 114 cm³/mol. The first-order valence-electron chi connectivity index (χ1n) is 9.45. The number of carbonyl (C=O) groups is 3. The first kappa shape index (κ1) is 22.7. The number of rotatable bonds is 9. The number of nitrogens with one attached hydrogen (secondary N) is 1. The van der Waals surface area contributed by atoms with Gasteiger partial charge in [0.15, 0.2) is 23.4 Å². The molecular weight excluding hydrogens is 386 g/mol. The molecule has 7 heteroatoms. The van der Waals surface area contributed by atoms with E-state index in [0.29, 0.717) is 29.4 Å². The monoisotopic (exact) mass is 411 g/mol. The van der Waals surface area contributed by atoms with Gasteiger partial charge in [-0.25, -0.2) is 4.79 Å². The number of ketones is 1. The average molecular weight is 411 g/mol. The molecule has 0 radical (unpaired) electrons. The highest BCUT2D eigenvalue weighted by Gasteiger charge is 2.17. The minimum atomic E-state index is -0.996. The van der Waals surface area contributed by atoms with Crippen molar-refractivity contribution in [3.8, 4) is 11.5 Å². The van der Waals surface area contributed by atoms with Gasteiger partial charge in [-0.15, -0.1) is 0 Å². The predicted octanol–water partition coefficient (Wildman–Crippen LogP) is 3.88. The van der Waals surface area contributed by atoms with Crippen LogP contribution in [0.1, 0.15) is 36.7 Å². The third-order valence-corrected chi connectivity index (χ3v) is 4.12. The zero-order valence-corrected chi connectivity index (χ0v) is 17.4. The van der Waals surface area contributed by atoms with Crippen molar-refractivity contribution < 1.29 is 28.6 Å². The van der Waals surface area contributed by atoms with E-state index >= 15 is 0 Å². The van der Waals surface area contributed by atoms with Crippen LogP contribution in [0.4, 0.5) is 5.69 Å². The molecule has 1 N–H and O–H groups in total. The van der Waals surface area contributed by atoms with E-state index in [1.807, 2.05) is 6.92 Å². The molecule has 2 rings (SSSR count). The van der Waals surface area contributed by atoms with E-state index in [-0.39, 0.29) is 5.78 Å². The molecule has 0 saturated carbocycles. The minimum absolute atomic E-state index is 0.0628. The summed E-state index contributed by atoms with van der Waals surface area (Å²) in [6, 6.07) is 11.7. The number of carbonyl (C=O) groups excluding carboxylic acids is 3. The summed E-state index contributed by atoms with van der Waals surface area (Å²) >= 11 is 0. The van der Waals surface area contributed by atoms with Gasteiger partial charge >= 0.3 is 5.97 Å². The summed E-state index contributed by atoms with van der Waals surface area (Å²) in [4.78, 5) is 35.6. The largest absolute Gasteiger partial charge is 0.493 e. The maximum absolute atomic E-state index is 12.2. The topological polar surface area (TPSA) is 90.9 Å². The van der Waals surface area contributed by atoms with E-state index in [4.69, 9.17) is 14.2 Å². The third kappa shape index (κ3) is 6.48. The second-order valence-electron chi connectivity index (χ2n) is 6.38. The lowest BCUT2D eigenvalue weighted by Crippen LogP contribution is -2.29. The van der Waals surface area contributed by atoms with Crippen molar-refractivity contribution in [2.75, 3.05) is 19.0 Å². The molecule has 1 atom stereocenters. The smallest absolute Gasteiger partial charge is 0.331 e. The highest BCUT2D eigenvalue weighted by molar-refractivity contribution is 5.98. The molecule has 1 amide bonds. The van der Waals surface area contributed by atoms with Gasteiger partial charge in [0.1, 0.15) is 0 Å². The molecule has 0 aliphatic carbocycles. The molecule has 0 aliphatic rings. The van der Waals surface area contributed by atoms with Crippen molar-refractivity contribution >= 4 is 29.4 Å². The Hall–Kier alpha value is -3.61. The van der Waals surface area contributed by atoms with Crippen molar-refractivity contribution in [1.29, 1.82) is 0 Å². The Morgan fingerprint density at radius 1 is 1.07 bits per heavy atom. The van der Waals surface area contributed by atoms with Gasteiger partial charge in [0.05, 0.1) is 13.7 Å². The highest BCUT2D eigenvalue weighted by atomic mass is 16.5. The SMILES string of the molecule is CCOc1cc(/C=C/C(=O)O[C@@H](C)C(=O)Nc2ccc(C(C)=O)cc2)ccc1OC. The van der Waals surface area contributed by atoms with Crippen LogP contribution < -0.4 is 14.8 Å². The molecule has 30 heavy (non-hydrogen) atoms. The highest BCUT2D eigenvalue weighted by Crippen LogP contribution is 2.28. The molecule has 2 aromatic carbocycles. The van der Waals surface area contributed by atoms with Crippen LogP contribution in [0.3, 0.4) is 0 Å². The fourth-order valence-corrected chi connectivity index (χ4v) is 2.53. The summed E-state index contributed by atoms with van der Waals surface area (Å²) in [6.45, 7) is 5.29. The number of benzene rings is 2. The number of Topliss-reactive ketones (excluding diaryl/α,β-unsaturated/α-hetero) is 1. The van der Waals surface area contributed by atoms with E-state index < -0.39 is 18.0 Å². The lowest BCUT2D eigenvalue weighted by molar-refractivity contribution is -0.148. The second-order valence-corrected chi connectivity index (χ2v) is 6.38. The zero-order valence-electron chi connectivity index (χ0n) is 17.4. The van der Waals surface area contributed by atoms with Gasteiger partial charge in [0.2, 0.25) is 0 Å².